The first-order chi connectivity index (χ1) is 7.74. The van der Waals surface area contributed by atoms with Gasteiger partial charge in [-0.1, -0.05) is 6.07 Å². The number of hydrogen-bond donors (Lipinski definition) is 3. The lowest BCUT2D eigenvalue weighted by atomic mass is 10.0. The SMILES string of the molecule is CNC(CCS)c1ccc2[nH]c(=O)oc2c1. The summed E-state index contributed by atoms with van der Waals surface area (Å²) in [5.41, 5.74) is 2.43. The quantitative estimate of drug-likeness (QED) is 0.711. The molecule has 0 saturated heterocycles. The van der Waals surface area contributed by atoms with Gasteiger partial charge in [-0.05, 0) is 36.9 Å². The van der Waals surface area contributed by atoms with Gasteiger partial charge in [-0.25, -0.2) is 4.79 Å². The number of oxazole rings is 1. The zero-order chi connectivity index (χ0) is 11.5. The van der Waals surface area contributed by atoms with Crippen molar-refractivity contribution in [3.05, 3.63) is 34.3 Å². The molecule has 2 N–H and O–H groups in total. The van der Waals surface area contributed by atoms with Crippen molar-refractivity contribution in [2.45, 2.75) is 12.5 Å². The highest BCUT2D eigenvalue weighted by Crippen LogP contribution is 2.20. The summed E-state index contributed by atoms with van der Waals surface area (Å²) >= 11 is 4.22. The van der Waals surface area contributed by atoms with E-state index in [9.17, 15) is 4.79 Å². The van der Waals surface area contributed by atoms with E-state index in [1.54, 1.807) is 0 Å². The lowest BCUT2D eigenvalue weighted by Gasteiger charge is -2.14. The van der Waals surface area contributed by atoms with E-state index < -0.39 is 5.76 Å². The number of fused-ring (bicyclic) bond motifs is 1. The molecule has 86 valence electrons. The molecule has 16 heavy (non-hydrogen) atoms. The van der Waals surface area contributed by atoms with Crippen LogP contribution < -0.4 is 11.1 Å². The fraction of sp³-hybridized carbons (Fsp3) is 0.364. The van der Waals surface area contributed by atoms with E-state index >= 15 is 0 Å². The number of nitrogens with one attached hydrogen (secondary N) is 2. The molecule has 0 aliphatic carbocycles. The third kappa shape index (κ3) is 2.15. The minimum Gasteiger partial charge on any atom is -0.408 e. The summed E-state index contributed by atoms with van der Waals surface area (Å²) < 4.78 is 5.02. The summed E-state index contributed by atoms with van der Waals surface area (Å²) in [5, 5.41) is 3.21. The van der Waals surface area contributed by atoms with Crippen molar-refractivity contribution in [2.24, 2.45) is 0 Å². The lowest BCUT2D eigenvalue weighted by molar-refractivity contribution is 0.551. The van der Waals surface area contributed by atoms with Crippen molar-refractivity contribution in [2.75, 3.05) is 12.8 Å². The molecular weight excluding hydrogens is 224 g/mol. The molecule has 0 saturated carbocycles. The Kier molecular flexibility index (Phi) is 3.36. The largest absolute Gasteiger partial charge is 0.417 e. The molecule has 0 radical (unpaired) electrons. The highest BCUT2D eigenvalue weighted by Gasteiger charge is 2.10. The second-order valence-electron chi connectivity index (χ2n) is 3.62. The standard InChI is InChI=1S/C11H14N2O2S/c1-12-8(4-5-16)7-2-3-9-10(6-7)15-11(14)13-9/h2-3,6,8,12,16H,4-5H2,1H3,(H,13,14). The van der Waals surface area contributed by atoms with E-state index in [4.69, 9.17) is 4.42 Å². The van der Waals surface area contributed by atoms with E-state index in [1.165, 1.54) is 0 Å². The molecule has 0 bridgehead atoms. The topological polar surface area (TPSA) is 58.0 Å². The van der Waals surface area contributed by atoms with Gasteiger partial charge in [0.15, 0.2) is 5.58 Å². The van der Waals surface area contributed by atoms with Crippen molar-refractivity contribution < 1.29 is 4.42 Å². The monoisotopic (exact) mass is 238 g/mol. The van der Waals surface area contributed by atoms with E-state index in [1.807, 2.05) is 25.2 Å². The average molecular weight is 238 g/mol. The van der Waals surface area contributed by atoms with Crippen molar-refractivity contribution in [1.29, 1.82) is 0 Å². The predicted molar refractivity (Wildman–Crippen MR) is 67.1 cm³/mol. The van der Waals surface area contributed by atoms with Crippen LogP contribution in [-0.4, -0.2) is 17.8 Å². The molecule has 4 nitrogen and oxygen atoms in total. The third-order valence-electron chi connectivity index (χ3n) is 2.61. The molecule has 1 aromatic heterocycles. The minimum atomic E-state index is -0.414. The van der Waals surface area contributed by atoms with Crippen molar-refractivity contribution in [3.63, 3.8) is 0 Å². The van der Waals surface area contributed by atoms with Gasteiger partial charge >= 0.3 is 5.76 Å². The molecule has 0 amide bonds. The van der Waals surface area contributed by atoms with Crippen LogP contribution in [0.3, 0.4) is 0 Å². The summed E-state index contributed by atoms with van der Waals surface area (Å²) in [6.45, 7) is 0. The fourth-order valence-electron chi connectivity index (χ4n) is 1.79. The van der Waals surface area contributed by atoms with Gasteiger partial charge in [0.05, 0.1) is 5.52 Å². The Hall–Kier alpha value is -1.20. The van der Waals surface area contributed by atoms with Crippen LogP contribution in [0.15, 0.2) is 27.4 Å². The van der Waals surface area contributed by atoms with Crippen LogP contribution in [0.4, 0.5) is 0 Å². The number of aromatic amines is 1. The van der Waals surface area contributed by atoms with Gasteiger partial charge in [-0.3, -0.25) is 4.98 Å². The van der Waals surface area contributed by atoms with Crippen LogP contribution in [0.25, 0.3) is 11.1 Å². The van der Waals surface area contributed by atoms with E-state index in [-0.39, 0.29) is 6.04 Å². The first-order valence-electron chi connectivity index (χ1n) is 5.15. The molecule has 5 heteroatoms. The normalized spacial score (nSPS) is 13.1. The number of H-pyrrole nitrogens is 1. The van der Waals surface area contributed by atoms with E-state index in [2.05, 4.69) is 22.9 Å². The first kappa shape index (κ1) is 11.3. The zero-order valence-electron chi connectivity index (χ0n) is 8.99. The molecule has 2 rings (SSSR count). The number of thiol groups is 1. The first-order valence-corrected chi connectivity index (χ1v) is 5.78. The summed E-state index contributed by atoms with van der Waals surface area (Å²) in [6, 6.07) is 5.97. The van der Waals surface area contributed by atoms with Crippen LogP contribution in [-0.2, 0) is 0 Å². The smallest absolute Gasteiger partial charge is 0.408 e. The molecule has 1 atom stereocenters. The third-order valence-corrected chi connectivity index (χ3v) is 2.87. The van der Waals surface area contributed by atoms with Gasteiger partial charge in [0.2, 0.25) is 0 Å². The highest BCUT2D eigenvalue weighted by atomic mass is 32.1. The average Bonchev–Trinajstić information content (AvgIpc) is 2.64. The summed E-state index contributed by atoms with van der Waals surface area (Å²) in [6.07, 6.45) is 0.930. The molecule has 1 heterocycles. The van der Waals surface area contributed by atoms with Gasteiger partial charge in [0.25, 0.3) is 0 Å². The fourth-order valence-corrected chi connectivity index (χ4v) is 2.04. The number of aromatic nitrogens is 1. The highest BCUT2D eigenvalue weighted by molar-refractivity contribution is 7.80. The summed E-state index contributed by atoms with van der Waals surface area (Å²) in [5.74, 6) is 0.392. The van der Waals surface area contributed by atoms with Crippen LogP contribution >= 0.6 is 12.6 Å². The van der Waals surface area contributed by atoms with Gasteiger partial charge in [-0.15, -0.1) is 0 Å². The molecule has 0 aliphatic heterocycles. The molecule has 0 fully saturated rings. The van der Waals surface area contributed by atoms with Gasteiger partial charge < -0.3 is 9.73 Å². The Morgan fingerprint density at radius 1 is 1.56 bits per heavy atom. The molecule has 0 spiro atoms. The molecule has 1 aromatic carbocycles. The van der Waals surface area contributed by atoms with Gasteiger partial charge in [-0.2, -0.15) is 12.6 Å². The van der Waals surface area contributed by atoms with Crippen LogP contribution in [0.5, 0.6) is 0 Å². The Labute approximate surface area is 98.5 Å². The van der Waals surface area contributed by atoms with Crippen LogP contribution in [0.1, 0.15) is 18.0 Å². The summed E-state index contributed by atoms with van der Waals surface area (Å²) in [7, 11) is 1.91. The number of benzene rings is 1. The minimum absolute atomic E-state index is 0.238. The maximum atomic E-state index is 11.0. The molecule has 1 unspecified atom stereocenters. The Morgan fingerprint density at radius 2 is 2.38 bits per heavy atom. The van der Waals surface area contributed by atoms with Crippen LogP contribution in [0, 0.1) is 0 Å². The van der Waals surface area contributed by atoms with Gasteiger partial charge in [0, 0.05) is 6.04 Å². The second kappa shape index (κ2) is 4.76. The van der Waals surface area contributed by atoms with Gasteiger partial charge in [0.1, 0.15) is 0 Å². The maximum Gasteiger partial charge on any atom is 0.417 e. The molecule has 2 aromatic rings. The van der Waals surface area contributed by atoms with Crippen molar-refractivity contribution in [1.82, 2.24) is 10.3 Å². The second-order valence-corrected chi connectivity index (χ2v) is 4.07. The van der Waals surface area contributed by atoms with E-state index in [0.29, 0.717) is 5.58 Å². The van der Waals surface area contributed by atoms with Crippen LogP contribution in [0.2, 0.25) is 0 Å². The Bertz CT molecular complexity index is 532. The Balaban J connectivity index is 2.40. The maximum absolute atomic E-state index is 11.0. The lowest BCUT2D eigenvalue weighted by Crippen LogP contribution is -2.16. The van der Waals surface area contributed by atoms with E-state index in [0.717, 1.165) is 23.3 Å². The van der Waals surface area contributed by atoms with Crippen molar-refractivity contribution in [3.8, 4) is 0 Å². The predicted octanol–water partition coefficient (Wildman–Crippen LogP) is 1.70. The summed E-state index contributed by atoms with van der Waals surface area (Å²) in [4.78, 5) is 13.6. The van der Waals surface area contributed by atoms with Crippen molar-refractivity contribution >= 4 is 23.7 Å². The Morgan fingerprint density at radius 3 is 3.06 bits per heavy atom. The zero-order valence-corrected chi connectivity index (χ0v) is 9.88. The molecular formula is C11H14N2O2S. The number of rotatable bonds is 4. The number of hydrogen-bond acceptors (Lipinski definition) is 4. The molecule has 0 aliphatic rings.